The third kappa shape index (κ3) is 5.76. The first-order valence-corrected chi connectivity index (χ1v) is 11.2. The average molecular weight is 453 g/mol. The van der Waals surface area contributed by atoms with E-state index in [4.69, 9.17) is 4.74 Å². The molecule has 11 heteroatoms. The number of anilines is 1. The Morgan fingerprint density at radius 2 is 1.94 bits per heavy atom. The summed E-state index contributed by atoms with van der Waals surface area (Å²) in [5.41, 5.74) is 0.770. The Kier molecular flexibility index (Phi) is 6.56. The molecular formula is C20H21F2N3O5S. The smallest absolute Gasteiger partial charge is 0.414 e. The van der Waals surface area contributed by atoms with Crippen LogP contribution >= 0.6 is 0 Å². The molecule has 31 heavy (non-hydrogen) atoms. The summed E-state index contributed by atoms with van der Waals surface area (Å²) in [6.45, 7) is 1.43. The van der Waals surface area contributed by atoms with E-state index in [0.717, 1.165) is 18.4 Å². The number of halogens is 2. The van der Waals surface area contributed by atoms with E-state index in [-0.39, 0.29) is 47.9 Å². The molecule has 166 valence electrons. The van der Waals surface area contributed by atoms with Crippen molar-refractivity contribution in [2.24, 2.45) is 0 Å². The van der Waals surface area contributed by atoms with E-state index in [9.17, 15) is 26.8 Å². The minimum absolute atomic E-state index is 0.118. The maximum atomic E-state index is 14.8. The van der Waals surface area contributed by atoms with Crippen LogP contribution in [0.3, 0.4) is 0 Å². The van der Waals surface area contributed by atoms with Crippen LogP contribution in [0.5, 0.6) is 0 Å². The van der Waals surface area contributed by atoms with Crippen molar-refractivity contribution in [2.45, 2.75) is 19.6 Å². The van der Waals surface area contributed by atoms with Crippen LogP contribution < -0.4 is 14.9 Å². The molecule has 0 spiro atoms. The number of carbonyl (C=O) groups is 2. The van der Waals surface area contributed by atoms with Crippen molar-refractivity contribution in [3.05, 3.63) is 53.6 Å². The molecule has 0 aliphatic carbocycles. The van der Waals surface area contributed by atoms with E-state index in [1.165, 1.54) is 36.1 Å². The lowest BCUT2D eigenvalue weighted by atomic mass is 10.0. The largest absolute Gasteiger partial charge is 0.442 e. The van der Waals surface area contributed by atoms with E-state index in [1.807, 2.05) is 0 Å². The van der Waals surface area contributed by atoms with Crippen LogP contribution in [-0.4, -0.2) is 45.9 Å². The predicted molar refractivity (Wildman–Crippen MR) is 110 cm³/mol. The van der Waals surface area contributed by atoms with Crippen LogP contribution in [0.1, 0.15) is 12.5 Å². The minimum Gasteiger partial charge on any atom is -0.442 e. The number of benzene rings is 2. The molecule has 0 unspecified atom stereocenters. The van der Waals surface area contributed by atoms with Crippen LogP contribution in [-0.2, 0) is 26.1 Å². The van der Waals surface area contributed by atoms with Gasteiger partial charge < -0.3 is 10.1 Å². The monoisotopic (exact) mass is 453 g/mol. The number of rotatable bonds is 7. The van der Waals surface area contributed by atoms with Gasteiger partial charge in [-0.15, -0.1) is 0 Å². The molecule has 1 atom stereocenters. The zero-order valence-electron chi connectivity index (χ0n) is 16.8. The average Bonchev–Trinajstić information content (AvgIpc) is 3.05. The number of nitrogens with zero attached hydrogens (tertiary/aromatic N) is 1. The van der Waals surface area contributed by atoms with Gasteiger partial charge in [-0.3, -0.25) is 9.69 Å². The first-order chi connectivity index (χ1) is 14.5. The summed E-state index contributed by atoms with van der Waals surface area (Å²) in [5, 5.41) is 2.56. The molecule has 1 fully saturated rings. The van der Waals surface area contributed by atoms with Gasteiger partial charge in [0.25, 0.3) is 0 Å². The van der Waals surface area contributed by atoms with E-state index in [1.54, 1.807) is 0 Å². The van der Waals surface area contributed by atoms with Gasteiger partial charge in [-0.1, -0.05) is 12.1 Å². The van der Waals surface area contributed by atoms with Gasteiger partial charge >= 0.3 is 6.09 Å². The van der Waals surface area contributed by atoms with Crippen molar-refractivity contribution in [1.82, 2.24) is 10.0 Å². The molecule has 8 nitrogen and oxygen atoms in total. The van der Waals surface area contributed by atoms with E-state index in [0.29, 0.717) is 0 Å². The van der Waals surface area contributed by atoms with Gasteiger partial charge in [0.05, 0.1) is 25.0 Å². The number of sulfonamides is 1. The van der Waals surface area contributed by atoms with Crippen molar-refractivity contribution in [3.63, 3.8) is 0 Å². The molecule has 2 N–H and O–H groups in total. The molecule has 1 aliphatic heterocycles. The normalized spacial score (nSPS) is 16.3. The molecule has 1 saturated heterocycles. The van der Waals surface area contributed by atoms with Crippen molar-refractivity contribution < 1.29 is 31.5 Å². The zero-order chi connectivity index (χ0) is 22.8. The minimum atomic E-state index is -3.48. The Morgan fingerprint density at radius 3 is 2.55 bits per heavy atom. The van der Waals surface area contributed by atoms with E-state index in [2.05, 4.69) is 10.0 Å². The highest BCUT2D eigenvalue weighted by Crippen LogP contribution is 2.30. The second-order valence-corrected chi connectivity index (χ2v) is 8.95. The number of hydrogen-bond donors (Lipinski definition) is 2. The lowest BCUT2D eigenvalue weighted by molar-refractivity contribution is -0.119. The second-order valence-electron chi connectivity index (χ2n) is 7.12. The Bertz CT molecular complexity index is 1120. The summed E-state index contributed by atoms with van der Waals surface area (Å²) in [6.07, 6.45) is -0.244. The lowest BCUT2D eigenvalue weighted by Crippen LogP contribution is -2.33. The van der Waals surface area contributed by atoms with Crippen LogP contribution in [0, 0.1) is 11.6 Å². The Balaban J connectivity index is 1.76. The van der Waals surface area contributed by atoms with Gasteiger partial charge in [0.1, 0.15) is 17.7 Å². The molecule has 2 amide bonds. The number of nitrogens with one attached hydrogen (secondary N) is 2. The van der Waals surface area contributed by atoms with E-state index >= 15 is 0 Å². The maximum absolute atomic E-state index is 14.8. The summed E-state index contributed by atoms with van der Waals surface area (Å²) in [4.78, 5) is 24.3. The van der Waals surface area contributed by atoms with Gasteiger partial charge in [0.15, 0.2) is 0 Å². The molecule has 1 heterocycles. The van der Waals surface area contributed by atoms with Gasteiger partial charge in [-0.2, -0.15) is 0 Å². The topological polar surface area (TPSA) is 105 Å². The van der Waals surface area contributed by atoms with Gasteiger partial charge in [0.2, 0.25) is 15.9 Å². The fourth-order valence-corrected chi connectivity index (χ4v) is 3.49. The third-order valence-corrected chi connectivity index (χ3v) is 5.27. The number of cyclic esters (lactones) is 1. The SMILES string of the molecule is CC(=O)NC[C@H]1CN(c2ccc(-c3ccc(CNS(C)(=O)=O)c(F)c3)c(F)c2)C(=O)O1. The maximum Gasteiger partial charge on any atom is 0.414 e. The molecule has 0 radical (unpaired) electrons. The molecule has 3 rings (SSSR count). The lowest BCUT2D eigenvalue weighted by Gasteiger charge is -2.15. The fraction of sp³-hybridized carbons (Fsp3) is 0.300. The quantitative estimate of drug-likeness (QED) is 0.669. The van der Waals surface area contributed by atoms with Crippen LogP contribution in [0.2, 0.25) is 0 Å². The van der Waals surface area contributed by atoms with E-state index < -0.39 is 33.9 Å². The van der Waals surface area contributed by atoms with Gasteiger partial charge in [-0.05, 0) is 29.8 Å². The summed E-state index contributed by atoms with van der Waals surface area (Å²) in [7, 11) is -3.48. The molecule has 0 aromatic heterocycles. The molecule has 2 aromatic carbocycles. The van der Waals surface area contributed by atoms with Crippen molar-refractivity contribution in [1.29, 1.82) is 0 Å². The van der Waals surface area contributed by atoms with Crippen molar-refractivity contribution in [2.75, 3.05) is 24.2 Å². The highest BCUT2D eigenvalue weighted by Gasteiger charge is 2.32. The number of amides is 2. The Labute approximate surface area is 178 Å². The van der Waals surface area contributed by atoms with Crippen molar-refractivity contribution >= 4 is 27.7 Å². The molecule has 2 aromatic rings. The summed E-state index contributed by atoms with van der Waals surface area (Å²) < 4.78 is 58.8. The van der Waals surface area contributed by atoms with Gasteiger partial charge in [0, 0.05) is 24.6 Å². The summed E-state index contributed by atoms with van der Waals surface area (Å²) in [6, 6.07) is 8.05. The van der Waals surface area contributed by atoms with Crippen LogP contribution in [0.15, 0.2) is 36.4 Å². The molecular weight excluding hydrogens is 432 g/mol. The number of hydrogen-bond acceptors (Lipinski definition) is 5. The molecule has 1 aliphatic rings. The Morgan fingerprint density at radius 1 is 1.19 bits per heavy atom. The highest BCUT2D eigenvalue weighted by atomic mass is 32.2. The Hall–Kier alpha value is -3.05. The fourth-order valence-electron chi connectivity index (χ4n) is 3.07. The number of carbonyl (C=O) groups excluding carboxylic acids is 2. The molecule has 0 saturated carbocycles. The number of ether oxygens (including phenoxy) is 1. The molecule has 0 bridgehead atoms. The first kappa shape index (κ1) is 22.6. The van der Waals surface area contributed by atoms with Crippen LogP contribution in [0.4, 0.5) is 19.3 Å². The predicted octanol–water partition coefficient (Wildman–Crippen LogP) is 2.14. The highest BCUT2D eigenvalue weighted by molar-refractivity contribution is 7.88. The summed E-state index contributed by atoms with van der Waals surface area (Å²) >= 11 is 0. The standard InChI is InChI=1S/C20H21F2N3O5S/c1-12(26)23-10-16-11-25(20(27)30-16)15-5-6-17(19(22)8-15)13-3-4-14(18(21)7-13)9-24-31(2,28)29/h3-8,16,24H,9-11H2,1-2H3,(H,23,26)/t16-/m0/s1. The second kappa shape index (κ2) is 8.98. The third-order valence-electron chi connectivity index (χ3n) is 4.61. The van der Waals surface area contributed by atoms with Crippen molar-refractivity contribution in [3.8, 4) is 11.1 Å². The first-order valence-electron chi connectivity index (χ1n) is 9.29. The van der Waals surface area contributed by atoms with Gasteiger partial charge in [-0.25, -0.2) is 26.7 Å². The summed E-state index contributed by atoms with van der Waals surface area (Å²) in [5.74, 6) is -1.60. The van der Waals surface area contributed by atoms with Crippen LogP contribution in [0.25, 0.3) is 11.1 Å². The zero-order valence-corrected chi connectivity index (χ0v) is 17.6.